The van der Waals surface area contributed by atoms with Crippen LogP contribution >= 0.6 is 12.4 Å². The molecule has 0 aliphatic rings. The number of amides is 1. The molecule has 124 valence electrons. The second-order valence-electron chi connectivity index (χ2n) is 4.84. The maximum absolute atomic E-state index is 12.0. The highest BCUT2D eigenvalue weighted by Crippen LogP contribution is 2.25. The van der Waals surface area contributed by atoms with Crippen LogP contribution in [0.3, 0.4) is 0 Å². The summed E-state index contributed by atoms with van der Waals surface area (Å²) in [5.41, 5.74) is 11.6. The maximum atomic E-state index is 12.0. The molecule has 0 spiro atoms. The third kappa shape index (κ3) is 4.11. The number of hydrogen-bond acceptors (Lipinski definition) is 3. The third-order valence-electron chi connectivity index (χ3n) is 3.05. The molecule has 1 heterocycles. The molecule has 0 saturated heterocycles. The number of nitrogens with zero attached hydrogens (tertiary/aromatic N) is 2. The average molecular weight is 357 g/mol. The molecule has 2 aromatic rings. The Labute approximate surface area is 140 Å². The van der Waals surface area contributed by atoms with Gasteiger partial charge in [0.25, 0.3) is 5.91 Å². The van der Waals surface area contributed by atoms with Gasteiger partial charge < -0.3 is 16.0 Å². The van der Waals surface area contributed by atoms with Crippen molar-refractivity contribution >= 4 is 34.1 Å². The normalized spacial score (nSPS) is 10.7. The molecule has 0 saturated carbocycles. The zero-order valence-corrected chi connectivity index (χ0v) is 14.2. The molecule has 1 amide bonds. The highest BCUT2D eigenvalue weighted by molar-refractivity contribution is 7.90. The summed E-state index contributed by atoms with van der Waals surface area (Å²) >= 11 is 0. The fourth-order valence-corrected chi connectivity index (χ4v) is 2.95. The highest BCUT2D eigenvalue weighted by atomic mass is 35.5. The second-order valence-corrected chi connectivity index (χ2v) is 6.82. The van der Waals surface area contributed by atoms with Crippen molar-refractivity contribution in [3.8, 4) is 5.69 Å². The van der Waals surface area contributed by atoms with Gasteiger partial charge in [0, 0.05) is 24.2 Å². The van der Waals surface area contributed by atoms with Gasteiger partial charge in [-0.25, -0.2) is 8.42 Å². The lowest BCUT2D eigenvalue weighted by Gasteiger charge is -2.13. The molecule has 0 bridgehead atoms. The quantitative estimate of drug-likeness (QED) is 0.628. The molecule has 0 unspecified atom stereocenters. The lowest BCUT2D eigenvalue weighted by molar-refractivity contribution is 0.100. The van der Waals surface area contributed by atoms with E-state index in [9.17, 15) is 13.2 Å². The van der Waals surface area contributed by atoms with Gasteiger partial charge in [-0.05, 0) is 36.8 Å². The molecule has 9 heteroatoms. The smallest absolute Gasteiger partial charge is 0.280 e. The Kier molecular flexibility index (Phi) is 5.57. The molecule has 0 atom stereocenters. The summed E-state index contributed by atoms with van der Waals surface area (Å²) in [6, 6.07) is 6.47. The molecule has 0 fully saturated rings. The second kappa shape index (κ2) is 6.84. The van der Waals surface area contributed by atoms with Gasteiger partial charge in [-0.3, -0.25) is 4.79 Å². The Bertz CT molecular complexity index is 854. The predicted octanol–water partition coefficient (Wildman–Crippen LogP) is 1.02. The van der Waals surface area contributed by atoms with Crippen molar-refractivity contribution in [2.24, 2.45) is 16.5 Å². The zero-order chi connectivity index (χ0) is 16.5. The van der Waals surface area contributed by atoms with Crippen molar-refractivity contribution in [3.05, 3.63) is 47.8 Å². The SMILES string of the molecule is Cc1cc(-n2cccc2)c(S(C)(=O)=O)cc1C(=O)N=C(N)N.Cl. The summed E-state index contributed by atoms with van der Waals surface area (Å²) in [5, 5.41) is 0. The fourth-order valence-electron chi connectivity index (χ4n) is 2.07. The topological polar surface area (TPSA) is 121 Å². The summed E-state index contributed by atoms with van der Waals surface area (Å²) in [7, 11) is -3.54. The largest absolute Gasteiger partial charge is 0.370 e. The van der Waals surface area contributed by atoms with Crippen molar-refractivity contribution in [1.29, 1.82) is 0 Å². The number of aromatic nitrogens is 1. The molecular weight excluding hydrogens is 340 g/mol. The molecule has 1 aromatic heterocycles. The molecule has 4 N–H and O–H groups in total. The summed E-state index contributed by atoms with van der Waals surface area (Å²) in [6.07, 6.45) is 4.53. The monoisotopic (exact) mass is 356 g/mol. The number of guanidine groups is 1. The van der Waals surface area contributed by atoms with Crippen LogP contribution in [0.4, 0.5) is 0 Å². The van der Waals surface area contributed by atoms with E-state index >= 15 is 0 Å². The number of rotatable bonds is 3. The van der Waals surface area contributed by atoms with Crippen LogP contribution in [0.2, 0.25) is 0 Å². The van der Waals surface area contributed by atoms with E-state index in [2.05, 4.69) is 4.99 Å². The van der Waals surface area contributed by atoms with Crippen LogP contribution in [0.15, 0.2) is 46.5 Å². The number of sulfone groups is 1. The average Bonchev–Trinajstić information content (AvgIpc) is 2.89. The Balaban J connectivity index is 0.00000264. The Morgan fingerprint density at radius 2 is 1.74 bits per heavy atom. The number of carbonyl (C=O) groups is 1. The maximum Gasteiger partial charge on any atom is 0.280 e. The van der Waals surface area contributed by atoms with E-state index in [1.54, 1.807) is 42.1 Å². The van der Waals surface area contributed by atoms with E-state index in [4.69, 9.17) is 11.5 Å². The van der Waals surface area contributed by atoms with Crippen molar-refractivity contribution in [1.82, 2.24) is 4.57 Å². The van der Waals surface area contributed by atoms with E-state index in [0.717, 1.165) is 6.26 Å². The van der Waals surface area contributed by atoms with Gasteiger partial charge in [-0.1, -0.05) is 0 Å². The minimum atomic E-state index is -3.54. The molecule has 7 nitrogen and oxygen atoms in total. The van der Waals surface area contributed by atoms with Gasteiger partial charge in [-0.15, -0.1) is 12.4 Å². The first-order valence-corrected chi connectivity index (χ1v) is 8.21. The van der Waals surface area contributed by atoms with Gasteiger partial charge >= 0.3 is 0 Å². The van der Waals surface area contributed by atoms with Crippen molar-refractivity contribution in [2.45, 2.75) is 11.8 Å². The number of nitrogens with two attached hydrogens (primary N) is 2. The minimum absolute atomic E-state index is 0. The molecule has 0 aliphatic heterocycles. The van der Waals surface area contributed by atoms with Crippen molar-refractivity contribution in [3.63, 3.8) is 0 Å². The van der Waals surface area contributed by atoms with E-state index < -0.39 is 15.7 Å². The van der Waals surface area contributed by atoms with E-state index in [1.807, 2.05) is 0 Å². The van der Waals surface area contributed by atoms with E-state index in [1.165, 1.54) is 6.07 Å². The minimum Gasteiger partial charge on any atom is -0.370 e. The van der Waals surface area contributed by atoms with Crippen molar-refractivity contribution < 1.29 is 13.2 Å². The number of carbonyl (C=O) groups excluding carboxylic acids is 1. The number of aryl methyl sites for hydroxylation is 1. The Morgan fingerprint density at radius 3 is 2.22 bits per heavy atom. The van der Waals surface area contributed by atoms with Crippen LogP contribution in [0, 0.1) is 6.92 Å². The molecule has 2 rings (SSSR count). The summed E-state index contributed by atoms with van der Waals surface area (Å²) in [6.45, 7) is 1.69. The zero-order valence-electron chi connectivity index (χ0n) is 12.6. The Hall–Kier alpha value is -2.32. The summed E-state index contributed by atoms with van der Waals surface area (Å²) in [5.74, 6) is -1.05. The molecule has 23 heavy (non-hydrogen) atoms. The van der Waals surface area contributed by atoms with Gasteiger partial charge in [0.05, 0.1) is 10.6 Å². The molecular formula is C14H17ClN4O3S. The van der Waals surface area contributed by atoms with Gasteiger partial charge in [0.2, 0.25) is 0 Å². The first-order chi connectivity index (χ1) is 10.2. The van der Waals surface area contributed by atoms with Crippen LogP contribution in [0.1, 0.15) is 15.9 Å². The van der Waals surface area contributed by atoms with E-state index in [-0.39, 0.29) is 28.8 Å². The van der Waals surface area contributed by atoms with Gasteiger partial charge in [0.1, 0.15) is 0 Å². The van der Waals surface area contributed by atoms with Crippen LogP contribution in [-0.4, -0.2) is 31.1 Å². The first-order valence-electron chi connectivity index (χ1n) is 6.32. The van der Waals surface area contributed by atoms with Crippen LogP contribution in [0.25, 0.3) is 5.69 Å². The molecule has 1 aromatic carbocycles. The van der Waals surface area contributed by atoms with Gasteiger partial charge in [-0.2, -0.15) is 4.99 Å². The van der Waals surface area contributed by atoms with E-state index in [0.29, 0.717) is 11.3 Å². The van der Waals surface area contributed by atoms with Gasteiger partial charge in [0.15, 0.2) is 15.8 Å². The lowest BCUT2D eigenvalue weighted by atomic mass is 10.1. The summed E-state index contributed by atoms with van der Waals surface area (Å²) < 4.78 is 25.8. The van der Waals surface area contributed by atoms with Crippen LogP contribution in [0.5, 0.6) is 0 Å². The fraction of sp³-hybridized carbons (Fsp3) is 0.143. The summed E-state index contributed by atoms with van der Waals surface area (Å²) in [4.78, 5) is 15.5. The number of hydrogen-bond donors (Lipinski definition) is 2. The third-order valence-corrected chi connectivity index (χ3v) is 4.18. The number of halogens is 1. The van der Waals surface area contributed by atoms with Crippen LogP contribution < -0.4 is 11.5 Å². The lowest BCUT2D eigenvalue weighted by Crippen LogP contribution is -2.24. The van der Waals surface area contributed by atoms with Crippen molar-refractivity contribution in [2.75, 3.05) is 6.26 Å². The standard InChI is InChI=1S/C14H16N4O3S.ClH/c1-9-7-11(18-5-3-4-6-18)12(22(2,20)21)8-10(9)13(19)17-14(15)16;/h3-8H,1-2H3,(H4,15,16,17,19);1H. The first kappa shape index (κ1) is 18.7. The number of aliphatic imine (C=N–C) groups is 1. The molecule has 0 aliphatic carbocycles. The Morgan fingerprint density at radius 1 is 1.17 bits per heavy atom. The number of benzene rings is 1. The van der Waals surface area contributed by atoms with Crippen LogP contribution in [-0.2, 0) is 9.84 Å². The predicted molar refractivity (Wildman–Crippen MR) is 91.0 cm³/mol. The highest BCUT2D eigenvalue weighted by Gasteiger charge is 2.20. The molecule has 0 radical (unpaired) electrons.